The number of benzene rings is 2. The summed E-state index contributed by atoms with van der Waals surface area (Å²) in [6, 6.07) is 11.2. The Morgan fingerprint density at radius 1 is 1.09 bits per heavy atom. The Balaban J connectivity index is 1.83. The largest absolute Gasteiger partial charge is 0.495 e. The molecule has 1 aliphatic rings. The molecule has 2 aromatic carbocycles. The highest BCUT2D eigenvalue weighted by Gasteiger charge is 2.38. The average Bonchev–Trinajstić information content (AvgIpc) is 3.00. The number of fused-ring (bicyclic) bond motifs is 1. The maximum absolute atomic E-state index is 13.8. The first kappa shape index (κ1) is 24.0. The van der Waals surface area contributed by atoms with E-state index in [-0.39, 0.29) is 17.0 Å². The molecule has 174 valence electrons. The predicted octanol–water partition coefficient (Wildman–Crippen LogP) is 4.30. The number of anilines is 1. The first-order valence-electron chi connectivity index (χ1n) is 10.5. The van der Waals surface area contributed by atoms with E-state index in [0.29, 0.717) is 24.1 Å². The lowest BCUT2D eigenvalue weighted by molar-refractivity contribution is -0.122. The zero-order valence-corrected chi connectivity index (χ0v) is 19.3. The SMILES string of the molecule is COC(=C1C(=O)N(C(C)=O)c2cc(F)ccc21)c1ccc(CCNC(=O)OC(C)(C)C)cc1. The number of amides is 3. The van der Waals surface area contributed by atoms with E-state index in [0.717, 1.165) is 16.5 Å². The number of methoxy groups -OCH3 is 1. The summed E-state index contributed by atoms with van der Waals surface area (Å²) in [5.74, 6) is -1.33. The first-order chi connectivity index (χ1) is 15.5. The zero-order valence-electron chi connectivity index (χ0n) is 19.3. The minimum Gasteiger partial charge on any atom is -0.495 e. The first-order valence-corrected chi connectivity index (χ1v) is 10.5. The molecule has 8 heteroatoms. The van der Waals surface area contributed by atoms with Crippen LogP contribution in [0, 0.1) is 5.82 Å². The molecule has 0 saturated carbocycles. The number of rotatable bonds is 5. The summed E-state index contributed by atoms with van der Waals surface area (Å²) in [6.45, 7) is 7.05. The third kappa shape index (κ3) is 5.39. The minimum atomic E-state index is -0.564. The molecule has 2 aromatic rings. The third-order valence-electron chi connectivity index (χ3n) is 4.93. The fraction of sp³-hybridized carbons (Fsp3) is 0.320. The highest BCUT2D eigenvalue weighted by molar-refractivity contribution is 6.42. The van der Waals surface area contributed by atoms with Crippen LogP contribution in [0.3, 0.4) is 0 Å². The Hall–Kier alpha value is -3.68. The van der Waals surface area contributed by atoms with Crippen molar-refractivity contribution in [3.05, 3.63) is 65.0 Å². The molecule has 0 atom stereocenters. The monoisotopic (exact) mass is 454 g/mol. The second kappa shape index (κ2) is 9.44. The molecule has 1 heterocycles. The summed E-state index contributed by atoms with van der Waals surface area (Å²) < 4.78 is 24.6. The van der Waals surface area contributed by atoms with E-state index in [1.54, 1.807) is 32.9 Å². The molecule has 1 aliphatic heterocycles. The van der Waals surface area contributed by atoms with Crippen molar-refractivity contribution in [2.75, 3.05) is 18.6 Å². The fourth-order valence-corrected chi connectivity index (χ4v) is 3.58. The Labute approximate surface area is 192 Å². The van der Waals surface area contributed by atoms with Crippen molar-refractivity contribution >= 4 is 34.9 Å². The predicted molar refractivity (Wildman–Crippen MR) is 123 cm³/mol. The van der Waals surface area contributed by atoms with Gasteiger partial charge in [-0.2, -0.15) is 0 Å². The molecule has 3 amide bonds. The standard InChI is InChI=1S/C25H27FN2O5/c1-15(29)28-20-14-18(26)10-11-19(20)21(23(28)30)22(32-5)17-8-6-16(7-9-17)12-13-27-24(31)33-25(2,3)4/h6-11,14H,12-13H2,1-5H3,(H,27,31). The number of hydrogen-bond acceptors (Lipinski definition) is 5. The molecular formula is C25H27FN2O5. The van der Waals surface area contributed by atoms with Gasteiger partial charge in [0.05, 0.1) is 18.4 Å². The molecular weight excluding hydrogens is 427 g/mol. The average molecular weight is 454 g/mol. The quantitative estimate of drug-likeness (QED) is 0.538. The Bertz CT molecular complexity index is 1120. The number of halogens is 1. The van der Waals surface area contributed by atoms with Crippen molar-refractivity contribution in [1.82, 2.24) is 5.32 Å². The van der Waals surface area contributed by atoms with Crippen LogP contribution in [0.1, 0.15) is 44.4 Å². The summed E-state index contributed by atoms with van der Waals surface area (Å²) in [7, 11) is 1.44. The highest BCUT2D eigenvalue weighted by Crippen LogP contribution is 2.41. The smallest absolute Gasteiger partial charge is 0.407 e. The van der Waals surface area contributed by atoms with E-state index in [9.17, 15) is 18.8 Å². The van der Waals surface area contributed by atoms with Crippen molar-refractivity contribution in [1.29, 1.82) is 0 Å². The lowest BCUT2D eigenvalue weighted by Gasteiger charge is -2.19. The van der Waals surface area contributed by atoms with E-state index in [1.165, 1.54) is 26.2 Å². The fourth-order valence-electron chi connectivity index (χ4n) is 3.58. The van der Waals surface area contributed by atoms with Crippen molar-refractivity contribution in [2.45, 2.75) is 39.7 Å². The Morgan fingerprint density at radius 2 is 1.76 bits per heavy atom. The number of carbonyl (C=O) groups is 3. The van der Waals surface area contributed by atoms with Gasteiger partial charge in [-0.3, -0.25) is 9.59 Å². The van der Waals surface area contributed by atoms with E-state index in [1.807, 2.05) is 12.1 Å². The minimum absolute atomic E-state index is 0.196. The van der Waals surface area contributed by atoms with Crippen LogP contribution in [0.4, 0.5) is 14.9 Å². The van der Waals surface area contributed by atoms with Gasteiger partial charge in [-0.1, -0.05) is 24.3 Å². The van der Waals surface area contributed by atoms with Gasteiger partial charge in [-0.05, 0) is 51.0 Å². The summed E-state index contributed by atoms with van der Waals surface area (Å²) in [5, 5.41) is 2.71. The van der Waals surface area contributed by atoms with Crippen LogP contribution < -0.4 is 10.2 Å². The molecule has 0 bridgehead atoms. The number of nitrogens with one attached hydrogen (secondary N) is 1. The van der Waals surface area contributed by atoms with Crippen molar-refractivity contribution < 1.29 is 28.2 Å². The number of alkyl carbamates (subject to hydrolysis) is 1. The van der Waals surface area contributed by atoms with Crippen LogP contribution >= 0.6 is 0 Å². The van der Waals surface area contributed by atoms with E-state index < -0.39 is 29.3 Å². The normalized spacial score (nSPS) is 14.6. The van der Waals surface area contributed by atoms with Gasteiger partial charge in [0.2, 0.25) is 5.91 Å². The summed E-state index contributed by atoms with van der Waals surface area (Å²) in [6.07, 6.45) is 0.104. The van der Waals surface area contributed by atoms with Gasteiger partial charge in [0, 0.05) is 24.6 Å². The number of imide groups is 1. The molecule has 7 nitrogen and oxygen atoms in total. The topological polar surface area (TPSA) is 84.9 Å². The Morgan fingerprint density at radius 3 is 2.33 bits per heavy atom. The molecule has 33 heavy (non-hydrogen) atoms. The summed E-state index contributed by atoms with van der Waals surface area (Å²) in [4.78, 5) is 37.8. The second-order valence-corrected chi connectivity index (χ2v) is 8.60. The van der Waals surface area contributed by atoms with Crippen molar-refractivity contribution in [3.63, 3.8) is 0 Å². The number of nitrogens with zero attached hydrogens (tertiary/aromatic N) is 1. The summed E-state index contributed by atoms with van der Waals surface area (Å²) >= 11 is 0. The maximum Gasteiger partial charge on any atom is 0.407 e. The molecule has 0 radical (unpaired) electrons. The highest BCUT2D eigenvalue weighted by atomic mass is 19.1. The van der Waals surface area contributed by atoms with Crippen LogP contribution in [0.25, 0.3) is 11.3 Å². The second-order valence-electron chi connectivity index (χ2n) is 8.60. The number of hydrogen-bond donors (Lipinski definition) is 1. The number of carbonyl (C=O) groups excluding carboxylic acids is 3. The lowest BCUT2D eigenvalue weighted by Crippen LogP contribution is -2.33. The molecule has 0 unspecified atom stereocenters. The third-order valence-corrected chi connectivity index (χ3v) is 4.93. The van der Waals surface area contributed by atoms with Crippen LogP contribution in [-0.2, 0) is 25.5 Å². The molecule has 0 saturated heterocycles. The molecule has 0 aromatic heterocycles. The maximum atomic E-state index is 13.8. The van der Waals surface area contributed by atoms with Crippen LogP contribution in [0.2, 0.25) is 0 Å². The van der Waals surface area contributed by atoms with Crippen molar-refractivity contribution in [3.8, 4) is 0 Å². The van der Waals surface area contributed by atoms with Gasteiger partial charge in [0.15, 0.2) is 0 Å². The van der Waals surface area contributed by atoms with E-state index >= 15 is 0 Å². The van der Waals surface area contributed by atoms with Gasteiger partial charge in [-0.15, -0.1) is 0 Å². The zero-order chi connectivity index (χ0) is 24.3. The molecule has 0 fully saturated rings. The van der Waals surface area contributed by atoms with Gasteiger partial charge in [0.25, 0.3) is 5.91 Å². The molecule has 0 spiro atoms. The van der Waals surface area contributed by atoms with E-state index in [2.05, 4.69) is 5.32 Å². The molecule has 1 N–H and O–H groups in total. The lowest BCUT2D eigenvalue weighted by atomic mass is 10.0. The van der Waals surface area contributed by atoms with Gasteiger partial charge in [-0.25, -0.2) is 14.1 Å². The summed E-state index contributed by atoms with van der Waals surface area (Å²) in [5.41, 5.74) is 1.85. The Kier molecular flexibility index (Phi) is 6.86. The van der Waals surface area contributed by atoms with Gasteiger partial charge in [0.1, 0.15) is 17.2 Å². The van der Waals surface area contributed by atoms with Crippen LogP contribution in [-0.4, -0.2) is 37.2 Å². The molecule has 0 aliphatic carbocycles. The van der Waals surface area contributed by atoms with Crippen LogP contribution in [0.15, 0.2) is 42.5 Å². The van der Waals surface area contributed by atoms with Gasteiger partial charge < -0.3 is 14.8 Å². The van der Waals surface area contributed by atoms with Gasteiger partial charge >= 0.3 is 6.09 Å². The van der Waals surface area contributed by atoms with E-state index in [4.69, 9.17) is 9.47 Å². The molecule has 3 rings (SSSR count). The van der Waals surface area contributed by atoms with Crippen LogP contribution in [0.5, 0.6) is 0 Å². The van der Waals surface area contributed by atoms with Crippen molar-refractivity contribution in [2.24, 2.45) is 0 Å². The number of ether oxygens (including phenoxy) is 2.